The number of anilines is 2. The number of aromatic nitrogens is 2. The molecule has 1 heterocycles. The van der Waals surface area contributed by atoms with Gasteiger partial charge in [-0.05, 0) is 6.42 Å². The molecule has 0 amide bonds. The van der Waals surface area contributed by atoms with Gasteiger partial charge in [0.05, 0.1) is 31.1 Å². The lowest BCUT2D eigenvalue weighted by atomic mass is 9.99. The number of aliphatic hydroxyl groups excluding tert-OH is 2. The van der Waals surface area contributed by atoms with Crippen molar-refractivity contribution < 1.29 is 10.2 Å². The molecule has 7 nitrogen and oxygen atoms in total. The Kier molecular flexibility index (Phi) is 4.41. The lowest BCUT2D eigenvalue weighted by Gasteiger charge is -2.30. The Labute approximate surface area is 93.7 Å². The van der Waals surface area contributed by atoms with Gasteiger partial charge in [-0.1, -0.05) is 6.92 Å². The maximum Gasteiger partial charge on any atom is 0.160 e. The third-order valence-corrected chi connectivity index (χ3v) is 2.46. The van der Waals surface area contributed by atoms with Crippen molar-refractivity contribution in [2.45, 2.75) is 18.9 Å². The fraction of sp³-hybridized carbons (Fsp3) is 0.556. The van der Waals surface area contributed by atoms with E-state index in [0.29, 0.717) is 18.1 Å². The minimum atomic E-state index is -0.790. The van der Waals surface area contributed by atoms with Gasteiger partial charge in [0, 0.05) is 0 Å². The first-order valence-corrected chi connectivity index (χ1v) is 4.98. The van der Waals surface area contributed by atoms with Gasteiger partial charge >= 0.3 is 0 Å². The van der Waals surface area contributed by atoms with E-state index in [4.69, 9.17) is 5.84 Å². The van der Waals surface area contributed by atoms with Crippen LogP contribution in [0.2, 0.25) is 0 Å². The summed E-state index contributed by atoms with van der Waals surface area (Å²) in [6, 6.07) is 0. The van der Waals surface area contributed by atoms with E-state index in [0.717, 1.165) is 0 Å². The Morgan fingerprint density at radius 2 is 1.94 bits per heavy atom. The Morgan fingerprint density at radius 3 is 2.44 bits per heavy atom. The average molecular weight is 227 g/mol. The molecule has 0 saturated carbocycles. The summed E-state index contributed by atoms with van der Waals surface area (Å²) < 4.78 is 0. The SMILES string of the molecule is CCC(CO)(CO)Nc1cncc(NN)n1. The summed E-state index contributed by atoms with van der Waals surface area (Å²) >= 11 is 0. The molecule has 0 saturated heterocycles. The predicted octanol–water partition coefficient (Wildman–Crippen LogP) is -0.693. The Hall–Kier alpha value is -1.44. The second-order valence-corrected chi connectivity index (χ2v) is 3.51. The van der Waals surface area contributed by atoms with Crippen LogP contribution in [0.3, 0.4) is 0 Å². The first kappa shape index (κ1) is 12.6. The lowest BCUT2D eigenvalue weighted by Crippen LogP contribution is -2.45. The van der Waals surface area contributed by atoms with Crippen LogP contribution in [0, 0.1) is 0 Å². The van der Waals surface area contributed by atoms with Gasteiger partial charge in [0.2, 0.25) is 0 Å². The van der Waals surface area contributed by atoms with Crippen LogP contribution in [-0.2, 0) is 0 Å². The molecule has 1 aromatic heterocycles. The van der Waals surface area contributed by atoms with Crippen molar-refractivity contribution in [1.29, 1.82) is 0 Å². The molecule has 0 aromatic carbocycles. The molecule has 6 N–H and O–H groups in total. The number of hydrogen-bond acceptors (Lipinski definition) is 7. The van der Waals surface area contributed by atoms with Gasteiger partial charge in [-0.25, -0.2) is 10.8 Å². The van der Waals surface area contributed by atoms with Gasteiger partial charge in [0.15, 0.2) is 5.82 Å². The Bertz CT molecular complexity index is 321. The number of nitrogens with zero attached hydrogens (tertiary/aromatic N) is 2. The second kappa shape index (κ2) is 5.59. The van der Waals surface area contributed by atoms with Gasteiger partial charge in [-0.2, -0.15) is 0 Å². The standard InChI is InChI=1S/C9H17N5O2/c1-2-9(5-15,6-16)13-7-3-11-4-8(12-7)14-10/h3-4,15-16H,2,5-6,10H2,1H3,(H2,12,13,14). The van der Waals surface area contributed by atoms with Gasteiger partial charge in [0.1, 0.15) is 5.82 Å². The van der Waals surface area contributed by atoms with Gasteiger partial charge in [-0.15, -0.1) is 0 Å². The summed E-state index contributed by atoms with van der Waals surface area (Å²) in [7, 11) is 0. The van der Waals surface area contributed by atoms with Crippen LogP contribution in [0.4, 0.5) is 11.6 Å². The molecular weight excluding hydrogens is 210 g/mol. The summed E-state index contributed by atoms with van der Waals surface area (Å²) in [5.41, 5.74) is 1.58. The normalized spacial score (nSPS) is 11.2. The van der Waals surface area contributed by atoms with Crippen LogP contribution in [0.15, 0.2) is 12.4 Å². The first-order valence-electron chi connectivity index (χ1n) is 4.98. The van der Waals surface area contributed by atoms with Crippen molar-refractivity contribution in [3.63, 3.8) is 0 Å². The molecule has 0 aliphatic carbocycles. The zero-order chi connectivity index (χ0) is 12.0. The molecule has 0 radical (unpaired) electrons. The van der Waals surface area contributed by atoms with Crippen LogP contribution in [0.1, 0.15) is 13.3 Å². The van der Waals surface area contributed by atoms with Crippen molar-refractivity contribution in [1.82, 2.24) is 9.97 Å². The molecule has 0 spiro atoms. The third-order valence-electron chi connectivity index (χ3n) is 2.46. The van der Waals surface area contributed by atoms with Crippen LogP contribution in [-0.4, -0.2) is 38.9 Å². The van der Waals surface area contributed by atoms with Crippen LogP contribution in [0.5, 0.6) is 0 Å². The monoisotopic (exact) mass is 227 g/mol. The minimum absolute atomic E-state index is 0.192. The number of hydrogen-bond donors (Lipinski definition) is 5. The fourth-order valence-electron chi connectivity index (χ4n) is 1.21. The molecule has 0 fully saturated rings. The van der Waals surface area contributed by atoms with E-state index in [2.05, 4.69) is 20.7 Å². The molecule has 1 aromatic rings. The lowest BCUT2D eigenvalue weighted by molar-refractivity contribution is 0.132. The average Bonchev–Trinajstić information content (AvgIpc) is 2.36. The summed E-state index contributed by atoms with van der Waals surface area (Å²) in [5.74, 6) is 6.05. The van der Waals surface area contributed by atoms with Crippen LogP contribution in [0.25, 0.3) is 0 Å². The molecule has 0 aliphatic heterocycles. The topological polar surface area (TPSA) is 116 Å². The first-order chi connectivity index (χ1) is 7.69. The Morgan fingerprint density at radius 1 is 1.31 bits per heavy atom. The summed E-state index contributed by atoms with van der Waals surface area (Å²) in [4.78, 5) is 8.00. The number of nitrogen functional groups attached to an aromatic ring is 1. The van der Waals surface area contributed by atoms with Crippen LogP contribution < -0.4 is 16.6 Å². The smallest absolute Gasteiger partial charge is 0.160 e. The molecule has 7 heteroatoms. The largest absolute Gasteiger partial charge is 0.394 e. The van der Waals surface area contributed by atoms with E-state index >= 15 is 0 Å². The van der Waals surface area contributed by atoms with Crippen molar-refractivity contribution >= 4 is 11.6 Å². The molecule has 0 unspecified atom stereocenters. The zero-order valence-corrected chi connectivity index (χ0v) is 9.14. The van der Waals surface area contributed by atoms with Gasteiger partial charge in [0.25, 0.3) is 0 Å². The number of nitrogens with two attached hydrogens (primary N) is 1. The highest BCUT2D eigenvalue weighted by Gasteiger charge is 2.26. The molecule has 0 aliphatic rings. The number of rotatable bonds is 6. The van der Waals surface area contributed by atoms with Crippen molar-refractivity contribution in [2.75, 3.05) is 24.0 Å². The zero-order valence-electron chi connectivity index (χ0n) is 9.14. The van der Waals surface area contributed by atoms with E-state index in [1.807, 2.05) is 6.92 Å². The molecule has 90 valence electrons. The summed E-state index contributed by atoms with van der Waals surface area (Å²) in [6.07, 6.45) is 3.52. The quantitative estimate of drug-likeness (QED) is 0.322. The van der Waals surface area contributed by atoms with Crippen LogP contribution >= 0.6 is 0 Å². The summed E-state index contributed by atoms with van der Waals surface area (Å²) in [6.45, 7) is 1.47. The maximum atomic E-state index is 9.25. The summed E-state index contributed by atoms with van der Waals surface area (Å²) in [5, 5.41) is 21.5. The predicted molar refractivity (Wildman–Crippen MR) is 60.7 cm³/mol. The molecule has 16 heavy (non-hydrogen) atoms. The molecule has 0 atom stereocenters. The van der Waals surface area contributed by atoms with E-state index in [-0.39, 0.29) is 13.2 Å². The minimum Gasteiger partial charge on any atom is -0.394 e. The second-order valence-electron chi connectivity index (χ2n) is 3.51. The van der Waals surface area contributed by atoms with E-state index in [9.17, 15) is 10.2 Å². The number of hydrazine groups is 1. The highest BCUT2D eigenvalue weighted by molar-refractivity contribution is 5.42. The number of aliphatic hydroxyl groups is 2. The Balaban J connectivity index is 2.84. The molecule has 0 bridgehead atoms. The van der Waals surface area contributed by atoms with E-state index in [1.165, 1.54) is 12.4 Å². The van der Waals surface area contributed by atoms with Gasteiger partial charge < -0.3 is 21.0 Å². The number of nitrogens with one attached hydrogen (secondary N) is 2. The fourth-order valence-corrected chi connectivity index (χ4v) is 1.21. The third kappa shape index (κ3) is 2.78. The maximum absolute atomic E-state index is 9.25. The van der Waals surface area contributed by atoms with Gasteiger partial charge in [-0.3, -0.25) is 4.98 Å². The highest BCUT2D eigenvalue weighted by Crippen LogP contribution is 2.16. The molecule has 1 rings (SSSR count). The molecular formula is C9H17N5O2. The van der Waals surface area contributed by atoms with Crippen molar-refractivity contribution in [3.05, 3.63) is 12.4 Å². The van der Waals surface area contributed by atoms with Crippen molar-refractivity contribution in [3.8, 4) is 0 Å². The highest BCUT2D eigenvalue weighted by atomic mass is 16.3. The van der Waals surface area contributed by atoms with E-state index in [1.54, 1.807) is 0 Å². The van der Waals surface area contributed by atoms with Crippen molar-refractivity contribution in [2.24, 2.45) is 5.84 Å². The van der Waals surface area contributed by atoms with E-state index < -0.39 is 5.54 Å².